The first-order valence-corrected chi connectivity index (χ1v) is 6.35. The molecule has 1 nitrogen and oxygen atoms in total. The van der Waals surface area contributed by atoms with Gasteiger partial charge in [0.2, 0.25) is 0 Å². The molecule has 0 aliphatic heterocycles. The van der Waals surface area contributed by atoms with Crippen molar-refractivity contribution in [3.05, 3.63) is 0 Å². The summed E-state index contributed by atoms with van der Waals surface area (Å²) in [4.78, 5) is 0. The molecule has 14 heavy (non-hydrogen) atoms. The minimum atomic E-state index is 0.401. The van der Waals surface area contributed by atoms with Crippen molar-refractivity contribution in [3.63, 3.8) is 0 Å². The molecule has 2 N–H and O–H groups in total. The Bertz CT molecular complexity index is 143. The van der Waals surface area contributed by atoms with Crippen molar-refractivity contribution in [2.45, 2.75) is 65.3 Å². The molecule has 1 rings (SSSR count). The molecule has 0 spiro atoms. The van der Waals surface area contributed by atoms with Gasteiger partial charge in [-0.05, 0) is 50.4 Å². The molecule has 1 fully saturated rings. The van der Waals surface area contributed by atoms with Gasteiger partial charge in [0.25, 0.3) is 0 Å². The molecule has 1 heteroatoms. The Kier molecular flexibility index (Phi) is 4.94. The lowest BCUT2D eigenvalue weighted by Gasteiger charge is -2.31. The SMILES string of the molecule is CC(N)CCC1CCC(C(C)C)CC1. The van der Waals surface area contributed by atoms with E-state index in [0.717, 1.165) is 17.8 Å². The zero-order valence-corrected chi connectivity index (χ0v) is 10.1. The second kappa shape index (κ2) is 5.75. The summed E-state index contributed by atoms with van der Waals surface area (Å²) in [6, 6.07) is 0.401. The Hall–Kier alpha value is -0.0400. The van der Waals surface area contributed by atoms with E-state index in [-0.39, 0.29) is 0 Å². The quantitative estimate of drug-likeness (QED) is 0.732. The molecule has 84 valence electrons. The van der Waals surface area contributed by atoms with Crippen LogP contribution in [0.3, 0.4) is 0 Å². The zero-order chi connectivity index (χ0) is 10.6. The number of rotatable bonds is 4. The highest BCUT2D eigenvalue weighted by Gasteiger charge is 2.22. The van der Waals surface area contributed by atoms with Crippen LogP contribution >= 0.6 is 0 Å². The van der Waals surface area contributed by atoms with E-state index in [4.69, 9.17) is 5.73 Å². The second-order valence-corrected chi connectivity index (χ2v) is 5.58. The van der Waals surface area contributed by atoms with E-state index >= 15 is 0 Å². The fourth-order valence-electron chi connectivity index (χ4n) is 2.64. The van der Waals surface area contributed by atoms with Gasteiger partial charge in [-0.15, -0.1) is 0 Å². The van der Waals surface area contributed by atoms with Gasteiger partial charge >= 0.3 is 0 Å². The number of hydrogen-bond donors (Lipinski definition) is 1. The molecule has 1 aliphatic rings. The van der Waals surface area contributed by atoms with Gasteiger partial charge < -0.3 is 5.73 Å². The average molecular weight is 197 g/mol. The molecule has 0 heterocycles. The lowest BCUT2D eigenvalue weighted by molar-refractivity contribution is 0.213. The lowest BCUT2D eigenvalue weighted by Crippen LogP contribution is -2.21. The topological polar surface area (TPSA) is 26.0 Å². The van der Waals surface area contributed by atoms with Crippen LogP contribution in [-0.4, -0.2) is 6.04 Å². The summed E-state index contributed by atoms with van der Waals surface area (Å²) < 4.78 is 0. The van der Waals surface area contributed by atoms with Gasteiger partial charge in [0.1, 0.15) is 0 Å². The summed E-state index contributed by atoms with van der Waals surface area (Å²) in [7, 11) is 0. The van der Waals surface area contributed by atoms with Gasteiger partial charge in [-0.2, -0.15) is 0 Å². The van der Waals surface area contributed by atoms with E-state index in [1.165, 1.54) is 38.5 Å². The smallest absolute Gasteiger partial charge is 0.00105 e. The molecular formula is C13H27N. The molecule has 0 aromatic carbocycles. The molecule has 1 unspecified atom stereocenters. The molecule has 0 radical (unpaired) electrons. The Balaban J connectivity index is 2.16. The molecular weight excluding hydrogens is 170 g/mol. The van der Waals surface area contributed by atoms with Crippen LogP contribution in [0.25, 0.3) is 0 Å². The Morgan fingerprint density at radius 1 is 1.07 bits per heavy atom. The third kappa shape index (κ3) is 4.00. The predicted octanol–water partition coefficient (Wildman–Crippen LogP) is 3.58. The highest BCUT2D eigenvalue weighted by molar-refractivity contribution is 4.75. The van der Waals surface area contributed by atoms with Crippen LogP contribution in [-0.2, 0) is 0 Å². The maximum absolute atomic E-state index is 5.79. The Morgan fingerprint density at radius 3 is 2.07 bits per heavy atom. The minimum absolute atomic E-state index is 0.401. The van der Waals surface area contributed by atoms with Crippen LogP contribution in [0.15, 0.2) is 0 Å². The van der Waals surface area contributed by atoms with E-state index in [1.807, 2.05) is 0 Å². The minimum Gasteiger partial charge on any atom is -0.328 e. The van der Waals surface area contributed by atoms with Gasteiger partial charge in [-0.25, -0.2) is 0 Å². The van der Waals surface area contributed by atoms with Crippen molar-refractivity contribution >= 4 is 0 Å². The van der Waals surface area contributed by atoms with Gasteiger partial charge in [-0.3, -0.25) is 0 Å². The van der Waals surface area contributed by atoms with Crippen molar-refractivity contribution in [2.24, 2.45) is 23.5 Å². The molecule has 1 saturated carbocycles. The van der Waals surface area contributed by atoms with E-state index in [0.29, 0.717) is 6.04 Å². The van der Waals surface area contributed by atoms with Crippen molar-refractivity contribution in [3.8, 4) is 0 Å². The third-order valence-corrected chi connectivity index (χ3v) is 3.86. The highest BCUT2D eigenvalue weighted by Crippen LogP contribution is 2.35. The third-order valence-electron chi connectivity index (χ3n) is 3.86. The summed E-state index contributed by atoms with van der Waals surface area (Å²) in [6.07, 6.45) is 8.41. The number of hydrogen-bond acceptors (Lipinski definition) is 1. The molecule has 0 saturated heterocycles. The first kappa shape index (κ1) is 12.0. The fraction of sp³-hybridized carbons (Fsp3) is 1.00. The summed E-state index contributed by atoms with van der Waals surface area (Å²) in [5.74, 6) is 2.88. The Labute approximate surface area is 89.5 Å². The molecule has 1 aliphatic carbocycles. The van der Waals surface area contributed by atoms with Crippen LogP contribution in [0.1, 0.15) is 59.3 Å². The van der Waals surface area contributed by atoms with E-state index < -0.39 is 0 Å². The van der Waals surface area contributed by atoms with Crippen molar-refractivity contribution in [1.29, 1.82) is 0 Å². The van der Waals surface area contributed by atoms with E-state index in [2.05, 4.69) is 20.8 Å². The van der Waals surface area contributed by atoms with Crippen LogP contribution in [0, 0.1) is 17.8 Å². The zero-order valence-electron chi connectivity index (χ0n) is 10.1. The monoisotopic (exact) mass is 197 g/mol. The first-order chi connectivity index (χ1) is 6.59. The normalized spacial score (nSPS) is 30.6. The highest BCUT2D eigenvalue weighted by atomic mass is 14.6. The fourth-order valence-corrected chi connectivity index (χ4v) is 2.64. The molecule has 0 bridgehead atoms. The lowest BCUT2D eigenvalue weighted by atomic mass is 9.75. The summed E-state index contributed by atoms with van der Waals surface area (Å²) in [5.41, 5.74) is 5.79. The molecule has 0 aromatic rings. The maximum atomic E-state index is 5.79. The second-order valence-electron chi connectivity index (χ2n) is 5.58. The van der Waals surface area contributed by atoms with Gasteiger partial charge in [-0.1, -0.05) is 26.7 Å². The largest absolute Gasteiger partial charge is 0.328 e. The average Bonchev–Trinajstić information content (AvgIpc) is 2.15. The van der Waals surface area contributed by atoms with Gasteiger partial charge in [0.15, 0.2) is 0 Å². The predicted molar refractivity (Wildman–Crippen MR) is 63.2 cm³/mol. The molecule has 0 amide bonds. The Morgan fingerprint density at radius 2 is 1.64 bits per heavy atom. The molecule has 0 aromatic heterocycles. The van der Waals surface area contributed by atoms with Gasteiger partial charge in [0.05, 0.1) is 0 Å². The molecule has 1 atom stereocenters. The standard InChI is InChI=1S/C13H27N/c1-10(2)13-8-6-12(7-9-13)5-4-11(3)14/h10-13H,4-9,14H2,1-3H3. The van der Waals surface area contributed by atoms with Crippen molar-refractivity contribution < 1.29 is 0 Å². The summed E-state index contributed by atoms with van der Waals surface area (Å²) in [6.45, 7) is 6.86. The van der Waals surface area contributed by atoms with E-state index in [9.17, 15) is 0 Å². The maximum Gasteiger partial charge on any atom is 0.00105 e. The number of nitrogens with two attached hydrogens (primary N) is 1. The summed E-state index contributed by atoms with van der Waals surface area (Å²) >= 11 is 0. The first-order valence-electron chi connectivity index (χ1n) is 6.35. The van der Waals surface area contributed by atoms with Crippen LogP contribution < -0.4 is 5.73 Å². The van der Waals surface area contributed by atoms with Crippen molar-refractivity contribution in [2.75, 3.05) is 0 Å². The van der Waals surface area contributed by atoms with Crippen LogP contribution in [0.4, 0.5) is 0 Å². The van der Waals surface area contributed by atoms with Crippen LogP contribution in [0.2, 0.25) is 0 Å². The van der Waals surface area contributed by atoms with Crippen LogP contribution in [0.5, 0.6) is 0 Å². The van der Waals surface area contributed by atoms with Crippen molar-refractivity contribution in [1.82, 2.24) is 0 Å². The van der Waals surface area contributed by atoms with Gasteiger partial charge in [0, 0.05) is 6.04 Å². The summed E-state index contributed by atoms with van der Waals surface area (Å²) in [5, 5.41) is 0. The van der Waals surface area contributed by atoms with E-state index in [1.54, 1.807) is 0 Å².